The van der Waals surface area contributed by atoms with Crippen LogP contribution in [0.1, 0.15) is 18.9 Å². The van der Waals surface area contributed by atoms with Gasteiger partial charge in [0.2, 0.25) is 5.91 Å². The zero-order chi connectivity index (χ0) is 16.2. The number of carbonyl (C=O) groups excluding carboxylic acids is 1. The maximum Gasteiger partial charge on any atom is 0.239 e. The van der Waals surface area contributed by atoms with E-state index in [1.807, 2.05) is 31.2 Å². The smallest absolute Gasteiger partial charge is 0.239 e. The topological polar surface area (TPSA) is 74.8 Å². The summed E-state index contributed by atoms with van der Waals surface area (Å²) in [5.41, 5.74) is 1.21. The van der Waals surface area contributed by atoms with Gasteiger partial charge in [-0.1, -0.05) is 19.1 Å². The number of carbonyl (C=O) groups is 1. The first-order valence-corrected chi connectivity index (χ1v) is 7.53. The Labute approximate surface area is 155 Å². The van der Waals surface area contributed by atoms with Crippen molar-refractivity contribution in [1.82, 2.24) is 16.0 Å². The van der Waals surface area contributed by atoms with Crippen molar-refractivity contribution < 1.29 is 9.53 Å². The van der Waals surface area contributed by atoms with Crippen LogP contribution in [0.4, 0.5) is 0 Å². The molecule has 0 aliphatic heterocycles. The van der Waals surface area contributed by atoms with E-state index in [0.29, 0.717) is 12.5 Å². The largest absolute Gasteiger partial charge is 0.497 e. The monoisotopic (exact) mass is 434 g/mol. The molecule has 0 aromatic heterocycles. The fourth-order valence-electron chi connectivity index (χ4n) is 1.83. The number of methoxy groups -OCH3 is 1. The third-order valence-corrected chi connectivity index (χ3v) is 3.08. The second kappa shape index (κ2) is 13.0. The molecule has 0 unspecified atom stereocenters. The Morgan fingerprint density at radius 3 is 2.39 bits per heavy atom. The molecule has 0 radical (unpaired) electrons. The first kappa shape index (κ1) is 21.5. The Hall–Kier alpha value is -1.51. The van der Waals surface area contributed by atoms with Crippen LogP contribution < -0.4 is 20.7 Å². The van der Waals surface area contributed by atoms with Gasteiger partial charge in [0.25, 0.3) is 0 Å². The Bertz CT molecular complexity index is 477. The van der Waals surface area contributed by atoms with Gasteiger partial charge in [-0.25, -0.2) is 0 Å². The van der Waals surface area contributed by atoms with Crippen molar-refractivity contribution in [3.63, 3.8) is 0 Å². The fourth-order valence-corrected chi connectivity index (χ4v) is 1.83. The SMILES string of the molecule is CCCNC(=O)CNC(=NC)NCCc1ccc(OC)cc1.I. The lowest BCUT2D eigenvalue weighted by molar-refractivity contribution is -0.120. The lowest BCUT2D eigenvalue weighted by Crippen LogP contribution is -2.43. The number of amides is 1. The molecule has 1 rings (SSSR count). The normalized spacial score (nSPS) is 10.5. The van der Waals surface area contributed by atoms with E-state index in [4.69, 9.17) is 4.74 Å². The minimum atomic E-state index is -0.0278. The van der Waals surface area contributed by atoms with E-state index < -0.39 is 0 Å². The number of benzene rings is 1. The van der Waals surface area contributed by atoms with E-state index in [0.717, 1.165) is 25.1 Å². The summed E-state index contributed by atoms with van der Waals surface area (Å²) >= 11 is 0. The summed E-state index contributed by atoms with van der Waals surface area (Å²) in [6.45, 7) is 3.68. The first-order chi connectivity index (χ1) is 10.7. The molecule has 130 valence electrons. The summed E-state index contributed by atoms with van der Waals surface area (Å²) in [5.74, 6) is 1.45. The van der Waals surface area contributed by atoms with Crippen LogP contribution in [-0.2, 0) is 11.2 Å². The summed E-state index contributed by atoms with van der Waals surface area (Å²) in [6.07, 6.45) is 1.80. The van der Waals surface area contributed by atoms with Crippen LogP contribution in [-0.4, -0.2) is 45.7 Å². The van der Waals surface area contributed by atoms with Crippen LogP contribution in [0, 0.1) is 0 Å². The minimum absolute atomic E-state index is 0. The van der Waals surface area contributed by atoms with Gasteiger partial charge in [-0.2, -0.15) is 0 Å². The molecule has 0 heterocycles. The molecule has 0 aliphatic carbocycles. The zero-order valence-electron chi connectivity index (χ0n) is 14.0. The van der Waals surface area contributed by atoms with Crippen molar-refractivity contribution >= 4 is 35.8 Å². The summed E-state index contributed by atoms with van der Waals surface area (Å²) in [4.78, 5) is 15.6. The molecule has 1 amide bonds. The Morgan fingerprint density at radius 1 is 1.13 bits per heavy atom. The quantitative estimate of drug-likeness (QED) is 0.330. The number of ether oxygens (including phenoxy) is 1. The molecule has 3 N–H and O–H groups in total. The molecule has 0 spiro atoms. The van der Waals surface area contributed by atoms with Crippen LogP contribution >= 0.6 is 24.0 Å². The van der Waals surface area contributed by atoms with E-state index in [2.05, 4.69) is 20.9 Å². The highest BCUT2D eigenvalue weighted by Crippen LogP contribution is 2.11. The van der Waals surface area contributed by atoms with Gasteiger partial charge in [0.05, 0.1) is 13.7 Å². The Balaban J connectivity index is 0.00000484. The molecule has 6 nitrogen and oxygen atoms in total. The maximum absolute atomic E-state index is 11.5. The van der Waals surface area contributed by atoms with E-state index in [1.54, 1.807) is 14.2 Å². The number of aliphatic imine (C=N–C) groups is 1. The Kier molecular flexibility index (Phi) is 12.1. The van der Waals surface area contributed by atoms with Gasteiger partial charge in [-0.05, 0) is 30.5 Å². The summed E-state index contributed by atoms with van der Waals surface area (Å²) in [6, 6.07) is 7.96. The Morgan fingerprint density at radius 2 is 1.83 bits per heavy atom. The number of guanidine groups is 1. The van der Waals surface area contributed by atoms with Crippen molar-refractivity contribution in [2.75, 3.05) is 33.8 Å². The van der Waals surface area contributed by atoms with Crippen molar-refractivity contribution in [1.29, 1.82) is 0 Å². The number of hydrogen-bond acceptors (Lipinski definition) is 3. The molecule has 23 heavy (non-hydrogen) atoms. The van der Waals surface area contributed by atoms with Gasteiger partial charge in [0.15, 0.2) is 5.96 Å². The summed E-state index contributed by atoms with van der Waals surface area (Å²) in [7, 11) is 3.34. The minimum Gasteiger partial charge on any atom is -0.497 e. The van der Waals surface area contributed by atoms with Crippen molar-refractivity contribution in [3.05, 3.63) is 29.8 Å². The van der Waals surface area contributed by atoms with Crippen LogP contribution in [0.15, 0.2) is 29.3 Å². The summed E-state index contributed by atoms with van der Waals surface area (Å²) in [5, 5.41) is 8.98. The highest BCUT2D eigenvalue weighted by Gasteiger charge is 2.02. The molecule has 0 saturated heterocycles. The number of nitrogens with one attached hydrogen (secondary N) is 3. The highest BCUT2D eigenvalue weighted by molar-refractivity contribution is 14.0. The maximum atomic E-state index is 11.5. The number of nitrogens with zero attached hydrogens (tertiary/aromatic N) is 1. The van der Waals surface area contributed by atoms with Crippen LogP contribution in [0.3, 0.4) is 0 Å². The fraction of sp³-hybridized carbons (Fsp3) is 0.500. The highest BCUT2D eigenvalue weighted by atomic mass is 127. The molecule has 0 bridgehead atoms. The van der Waals surface area contributed by atoms with E-state index in [1.165, 1.54) is 5.56 Å². The molecule has 0 atom stereocenters. The average molecular weight is 434 g/mol. The number of rotatable bonds is 8. The third-order valence-electron chi connectivity index (χ3n) is 3.08. The predicted molar refractivity (Wildman–Crippen MR) is 105 cm³/mol. The number of hydrogen-bond donors (Lipinski definition) is 3. The van der Waals surface area contributed by atoms with Gasteiger partial charge in [-0.3, -0.25) is 9.79 Å². The van der Waals surface area contributed by atoms with Crippen molar-refractivity contribution in [2.45, 2.75) is 19.8 Å². The predicted octanol–water partition coefficient (Wildman–Crippen LogP) is 1.55. The van der Waals surface area contributed by atoms with Crippen molar-refractivity contribution in [2.24, 2.45) is 4.99 Å². The average Bonchev–Trinajstić information content (AvgIpc) is 2.56. The molecule has 0 saturated carbocycles. The third kappa shape index (κ3) is 9.27. The second-order valence-electron chi connectivity index (χ2n) is 4.80. The second-order valence-corrected chi connectivity index (χ2v) is 4.80. The molecule has 7 heteroatoms. The molecule has 1 aromatic rings. The van der Waals surface area contributed by atoms with Gasteiger partial charge >= 0.3 is 0 Å². The van der Waals surface area contributed by atoms with E-state index in [-0.39, 0.29) is 36.4 Å². The molecular formula is C16H27IN4O2. The van der Waals surface area contributed by atoms with Crippen LogP contribution in [0.5, 0.6) is 5.75 Å². The van der Waals surface area contributed by atoms with Gasteiger partial charge in [-0.15, -0.1) is 24.0 Å². The summed E-state index contributed by atoms with van der Waals surface area (Å²) < 4.78 is 5.13. The standard InChI is InChI=1S/C16H26N4O2.HI/c1-4-10-18-15(21)12-20-16(17-2)19-11-9-13-5-7-14(22-3)8-6-13;/h5-8H,4,9-12H2,1-3H3,(H,18,21)(H2,17,19,20);1H. The van der Waals surface area contributed by atoms with Gasteiger partial charge in [0.1, 0.15) is 5.75 Å². The van der Waals surface area contributed by atoms with Crippen LogP contribution in [0.25, 0.3) is 0 Å². The molecule has 0 fully saturated rings. The van der Waals surface area contributed by atoms with E-state index >= 15 is 0 Å². The van der Waals surface area contributed by atoms with Gasteiger partial charge in [0, 0.05) is 20.1 Å². The van der Waals surface area contributed by atoms with Crippen molar-refractivity contribution in [3.8, 4) is 5.75 Å². The molecule has 0 aliphatic rings. The van der Waals surface area contributed by atoms with E-state index in [9.17, 15) is 4.79 Å². The molecular weight excluding hydrogens is 407 g/mol. The van der Waals surface area contributed by atoms with Gasteiger partial charge < -0.3 is 20.7 Å². The number of halogens is 1. The first-order valence-electron chi connectivity index (χ1n) is 7.53. The zero-order valence-corrected chi connectivity index (χ0v) is 16.3. The lowest BCUT2D eigenvalue weighted by atomic mass is 10.1. The lowest BCUT2D eigenvalue weighted by Gasteiger charge is -2.12. The molecule has 1 aromatic carbocycles. The van der Waals surface area contributed by atoms with Crippen LogP contribution in [0.2, 0.25) is 0 Å².